The minimum atomic E-state index is -3.65. The number of carbonyl (C=O) groups is 2. The molecular weight excluding hydrogens is 466 g/mol. The van der Waals surface area contributed by atoms with Gasteiger partial charge in [0.1, 0.15) is 5.75 Å². The summed E-state index contributed by atoms with van der Waals surface area (Å²) in [5.41, 5.74) is 2.81. The predicted molar refractivity (Wildman–Crippen MR) is 135 cm³/mol. The van der Waals surface area contributed by atoms with E-state index in [1.165, 1.54) is 4.31 Å². The summed E-state index contributed by atoms with van der Waals surface area (Å²) in [6.45, 7) is 3.55. The van der Waals surface area contributed by atoms with Crippen LogP contribution in [-0.2, 0) is 14.8 Å². The van der Waals surface area contributed by atoms with Gasteiger partial charge in [-0.1, -0.05) is 48.5 Å². The van der Waals surface area contributed by atoms with Gasteiger partial charge in [0.15, 0.2) is 6.10 Å². The summed E-state index contributed by atoms with van der Waals surface area (Å²) in [6, 6.07) is 21.1. The van der Waals surface area contributed by atoms with Gasteiger partial charge in [-0.2, -0.15) is 0 Å². The van der Waals surface area contributed by atoms with Crippen molar-refractivity contribution in [1.82, 2.24) is 5.32 Å². The molecule has 0 aromatic heterocycles. The van der Waals surface area contributed by atoms with Gasteiger partial charge in [-0.25, -0.2) is 8.42 Å². The van der Waals surface area contributed by atoms with Crippen LogP contribution in [0.4, 0.5) is 11.4 Å². The number of carbonyl (C=O) groups excluding carboxylic acids is 2. The molecule has 0 fully saturated rings. The largest absolute Gasteiger partial charge is 0.476 e. The smallest absolute Gasteiger partial charge is 0.267 e. The lowest BCUT2D eigenvalue weighted by Gasteiger charge is -2.34. The molecule has 8 nitrogen and oxygen atoms in total. The number of sulfonamides is 1. The van der Waals surface area contributed by atoms with Crippen molar-refractivity contribution in [2.24, 2.45) is 0 Å². The van der Waals surface area contributed by atoms with Gasteiger partial charge in [0.2, 0.25) is 10.0 Å². The highest BCUT2D eigenvalue weighted by Gasteiger charge is 2.35. The van der Waals surface area contributed by atoms with E-state index in [4.69, 9.17) is 4.74 Å². The molecule has 2 atom stereocenters. The third-order valence-corrected chi connectivity index (χ3v) is 6.90. The van der Waals surface area contributed by atoms with E-state index in [0.29, 0.717) is 17.1 Å². The van der Waals surface area contributed by atoms with E-state index in [2.05, 4.69) is 10.6 Å². The number of hydrogen-bond acceptors (Lipinski definition) is 5. The number of nitrogens with zero attached hydrogens (tertiary/aromatic N) is 1. The molecule has 1 aliphatic heterocycles. The number of benzene rings is 3. The first-order valence-electron chi connectivity index (χ1n) is 11.1. The first-order chi connectivity index (χ1) is 16.6. The second kappa shape index (κ2) is 9.79. The molecule has 3 aromatic carbocycles. The topological polar surface area (TPSA) is 105 Å². The molecule has 0 bridgehead atoms. The molecule has 0 spiro atoms. The standard InChI is InChI=1S/C26H27N3O5S/c1-17-13-14-23-22(15-17)29(35(3,32)33)16-24(34-23)26(31)28-21-12-8-7-11-20(21)25(30)27-18(2)19-9-5-4-6-10-19/h4-15,18,24H,16H2,1-3H3,(H,27,30)(H,28,31). The Morgan fingerprint density at radius 3 is 2.43 bits per heavy atom. The molecule has 4 rings (SSSR count). The predicted octanol–water partition coefficient (Wildman–Crippen LogP) is 3.65. The molecule has 1 aliphatic rings. The molecule has 0 aliphatic carbocycles. The lowest BCUT2D eigenvalue weighted by Crippen LogP contribution is -2.48. The van der Waals surface area contributed by atoms with Crippen LogP contribution in [0.25, 0.3) is 0 Å². The van der Waals surface area contributed by atoms with Crippen LogP contribution in [0, 0.1) is 6.92 Å². The number of amides is 2. The highest BCUT2D eigenvalue weighted by Crippen LogP contribution is 2.36. The van der Waals surface area contributed by atoms with E-state index in [0.717, 1.165) is 17.4 Å². The van der Waals surface area contributed by atoms with Crippen LogP contribution >= 0.6 is 0 Å². The Morgan fingerprint density at radius 1 is 1.03 bits per heavy atom. The highest BCUT2D eigenvalue weighted by molar-refractivity contribution is 7.92. The molecule has 2 amide bonds. The van der Waals surface area contributed by atoms with Crippen LogP contribution in [0.1, 0.15) is 34.5 Å². The number of aryl methyl sites for hydroxylation is 1. The molecule has 0 saturated heterocycles. The molecule has 0 radical (unpaired) electrons. The number of hydrogen-bond donors (Lipinski definition) is 2. The molecule has 2 N–H and O–H groups in total. The Balaban J connectivity index is 1.54. The van der Waals surface area contributed by atoms with E-state index < -0.39 is 22.0 Å². The Labute approximate surface area is 205 Å². The van der Waals surface area contributed by atoms with Crippen LogP contribution < -0.4 is 19.7 Å². The molecule has 35 heavy (non-hydrogen) atoms. The Morgan fingerprint density at radius 2 is 1.71 bits per heavy atom. The zero-order chi connectivity index (χ0) is 25.2. The Kier molecular flexibility index (Phi) is 6.79. The minimum Gasteiger partial charge on any atom is -0.476 e. The average molecular weight is 494 g/mol. The van der Waals surface area contributed by atoms with Gasteiger partial charge in [0.05, 0.1) is 35.8 Å². The second-order valence-electron chi connectivity index (χ2n) is 8.51. The van der Waals surface area contributed by atoms with Crippen LogP contribution in [0.3, 0.4) is 0 Å². The molecule has 3 aromatic rings. The highest BCUT2D eigenvalue weighted by atomic mass is 32.2. The van der Waals surface area contributed by atoms with Crippen LogP contribution in [0.2, 0.25) is 0 Å². The van der Waals surface area contributed by atoms with Crippen molar-refractivity contribution in [2.45, 2.75) is 26.0 Å². The van der Waals surface area contributed by atoms with Crippen molar-refractivity contribution >= 4 is 33.2 Å². The third-order valence-electron chi connectivity index (χ3n) is 5.75. The normalized spacial score (nSPS) is 16.0. The van der Waals surface area contributed by atoms with Crippen molar-refractivity contribution < 1.29 is 22.7 Å². The van der Waals surface area contributed by atoms with Crippen LogP contribution in [0.5, 0.6) is 5.75 Å². The number of fused-ring (bicyclic) bond motifs is 1. The van der Waals surface area contributed by atoms with Crippen LogP contribution in [-0.4, -0.2) is 39.1 Å². The first-order valence-corrected chi connectivity index (χ1v) is 13.0. The summed E-state index contributed by atoms with van der Waals surface area (Å²) in [4.78, 5) is 26.2. The summed E-state index contributed by atoms with van der Waals surface area (Å²) in [5, 5.41) is 5.68. The molecule has 182 valence electrons. The van der Waals surface area contributed by atoms with Crippen molar-refractivity contribution in [3.05, 3.63) is 89.5 Å². The monoisotopic (exact) mass is 493 g/mol. The lowest BCUT2D eigenvalue weighted by molar-refractivity contribution is -0.122. The van der Waals surface area contributed by atoms with Gasteiger partial charge in [0.25, 0.3) is 11.8 Å². The molecule has 2 unspecified atom stereocenters. The van der Waals surface area contributed by atoms with Gasteiger partial charge >= 0.3 is 0 Å². The van der Waals surface area contributed by atoms with Gasteiger partial charge in [-0.15, -0.1) is 0 Å². The third kappa shape index (κ3) is 5.46. The number of nitrogens with one attached hydrogen (secondary N) is 2. The van der Waals surface area contributed by atoms with Gasteiger partial charge in [-0.3, -0.25) is 13.9 Å². The van der Waals surface area contributed by atoms with Gasteiger partial charge < -0.3 is 15.4 Å². The molecule has 1 heterocycles. The summed E-state index contributed by atoms with van der Waals surface area (Å²) in [5.74, 6) is -0.600. The van der Waals surface area contributed by atoms with E-state index >= 15 is 0 Å². The van der Waals surface area contributed by atoms with E-state index in [-0.39, 0.29) is 24.1 Å². The summed E-state index contributed by atoms with van der Waals surface area (Å²) in [7, 11) is -3.65. The van der Waals surface area contributed by atoms with Crippen LogP contribution in [0.15, 0.2) is 72.8 Å². The zero-order valence-electron chi connectivity index (χ0n) is 19.7. The average Bonchev–Trinajstić information content (AvgIpc) is 2.83. The molecular formula is C26H27N3O5S. The fourth-order valence-corrected chi connectivity index (χ4v) is 4.82. The maximum absolute atomic E-state index is 13.1. The maximum Gasteiger partial charge on any atom is 0.267 e. The van der Waals surface area contributed by atoms with Crippen molar-refractivity contribution in [1.29, 1.82) is 0 Å². The second-order valence-corrected chi connectivity index (χ2v) is 10.4. The summed E-state index contributed by atoms with van der Waals surface area (Å²) >= 11 is 0. The number of para-hydroxylation sites is 1. The van der Waals surface area contributed by atoms with Gasteiger partial charge in [0, 0.05) is 0 Å². The SMILES string of the molecule is Cc1ccc2c(c1)N(S(C)(=O)=O)CC(C(=O)Nc1ccccc1C(=O)NC(C)c1ccccc1)O2. The molecule has 9 heteroatoms. The Hall–Kier alpha value is -3.85. The van der Waals surface area contributed by atoms with E-state index in [1.54, 1.807) is 42.5 Å². The fourth-order valence-electron chi connectivity index (χ4n) is 3.91. The lowest BCUT2D eigenvalue weighted by atomic mass is 10.1. The number of rotatable bonds is 6. The summed E-state index contributed by atoms with van der Waals surface area (Å²) in [6.07, 6.45) is -0.00766. The number of ether oxygens (including phenoxy) is 1. The quantitative estimate of drug-likeness (QED) is 0.545. The molecule has 0 saturated carbocycles. The summed E-state index contributed by atoms with van der Waals surface area (Å²) < 4.78 is 31.9. The number of anilines is 2. The Bertz CT molecular complexity index is 1360. The fraction of sp³-hybridized carbons (Fsp3) is 0.231. The first kappa shape index (κ1) is 24.3. The zero-order valence-corrected chi connectivity index (χ0v) is 20.5. The van der Waals surface area contributed by atoms with Crippen molar-refractivity contribution in [2.75, 3.05) is 22.4 Å². The van der Waals surface area contributed by atoms with Crippen molar-refractivity contribution in [3.63, 3.8) is 0 Å². The minimum absolute atomic E-state index is 0.180. The van der Waals surface area contributed by atoms with E-state index in [9.17, 15) is 18.0 Å². The van der Waals surface area contributed by atoms with Crippen molar-refractivity contribution in [3.8, 4) is 5.75 Å². The van der Waals surface area contributed by atoms with Gasteiger partial charge in [-0.05, 0) is 49.2 Å². The van der Waals surface area contributed by atoms with E-state index in [1.807, 2.05) is 44.2 Å². The maximum atomic E-state index is 13.1.